The monoisotopic (exact) mass is 266 g/mol. The zero-order valence-electron chi connectivity index (χ0n) is 13.6. The topological polar surface area (TPSA) is 15.3 Å². The highest BCUT2D eigenvalue weighted by atomic mass is 15.3. The lowest BCUT2D eigenvalue weighted by Gasteiger charge is -2.57. The molecule has 2 heteroatoms. The van der Waals surface area contributed by atoms with Crippen LogP contribution < -0.4 is 5.32 Å². The van der Waals surface area contributed by atoms with Crippen LogP contribution in [0.2, 0.25) is 0 Å². The first-order chi connectivity index (χ1) is 9.05. The zero-order chi connectivity index (χ0) is 13.9. The first kappa shape index (κ1) is 15.3. The van der Waals surface area contributed by atoms with Crippen molar-refractivity contribution in [3.8, 4) is 0 Å². The van der Waals surface area contributed by atoms with E-state index in [4.69, 9.17) is 0 Å². The summed E-state index contributed by atoms with van der Waals surface area (Å²) in [6.07, 6.45) is 11.0. The SMILES string of the molecule is CCCC(C)N1CC(C)(CC)NCC12CCCCC2. The van der Waals surface area contributed by atoms with Gasteiger partial charge in [0.1, 0.15) is 0 Å². The number of nitrogens with zero attached hydrogens (tertiary/aromatic N) is 1. The summed E-state index contributed by atoms with van der Waals surface area (Å²) in [6, 6.07) is 0.746. The van der Waals surface area contributed by atoms with Crippen LogP contribution in [-0.4, -0.2) is 35.1 Å². The Balaban J connectivity index is 2.17. The summed E-state index contributed by atoms with van der Waals surface area (Å²) >= 11 is 0. The van der Waals surface area contributed by atoms with Crippen molar-refractivity contribution < 1.29 is 0 Å². The minimum Gasteiger partial charge on any atom is -0.308 e. The summed E-state index contributed by atoms with van der Waals surface area (Å²) in [6.45, 7) is 12.0. The van der Waals surface area contributed by atoms with E-state index in [1.54, 1.807) is 0 Å². The first-order valence-electron chi connectivity index (χ1n) is 8.57. The van der Waals surface area contributed by atoms with E-state index >= 15 is 0 Å². The molecule has 2 atom stereocenters. The van der Waals surface area contributed by atoms with Gasteiger partial charge >= 0.3 is 0 Å². The molecule has 2 rings (SSSR count). The summed E-state index contributed by atoms with van der Waals surface area (Å²) in [4.78, 5) is 2.90. The van der Waals surface area contributed by atoms with Gasteiger partial charge in [-0.25, -0.2) is 0 Å². The molecule has 1 spiro atoms. The molecule has 2 nitrogen and oxygen atoms in total. The van der Waals surface area contributed by atoms with Gasteiger partial charge in [0.15, 0.2) is 0 Å². The van der Waals surface area contributed by atoms with E-state index in [1.807, 2.05) is 0 Å². The maximum atomic E-state index is 3.89. The van der Waals surface area contributed by atoms with E-state index in [1.165, 1.54) is 64.5 Å². The van der Waals surface area contributed by atoms with Crippen molar-refractivity contribution in [2.45, 2.75) is 96.2 Å². The van der Waals surface area contributed by atoms with Crippen LogP contribution in [0, 0.1) is 0 Å². The lowest BCUT2D eigenvalue weighted by molar-refractivity contribution is -0.0425. The molecule has 1 saturated heterocycles. The van der Waals surface area contributed by atoms with E-state index < -0.39 is 0 Å². The molecule has 19 heavy (non-hydrogen) atoms. The molecule has 2 unspecified atom stereocenters. The highest BCUT2D eigenvalue weighted by Gasteiger charge is 2.46. The Hall–Kier alpha value is -0.0800. The van der Waals surface area contributed by atoms with Crippen LogP contribution in [0.3, 0.4) is 0 Å². The molecule has 0 bridgehead atoms. The fourth-order valence-corrected chi connectivity index (χ4v) is 4.19. The third-order valence-electron chi connectivity index (χ3n) is 5.78. The van der Waals surface area contributed by atoms with Crippen LogP contribution in [0.25, 0.3) is 0 Å². The number of rotatable bonds is 4. The Labute approximate surface area is 120 Å². The van der Waals surface area contributed by atoms with Crippen LogP contribution in [-0.2, 0) is 0 Å². The molecule has 1 aliphatic carbocycles. The van der Waals surface area contributed by atoms with Gasteiger partial charge < -0.3 is 5.32 Å². The van der Waals surface area contributed by atoms with Gasteiger partial charge in [-0.1, -0.05) is 39.5 Å². The Morgan fingerprint density at radius 1 is 1.16 bits per heavy atom. The van der Waals surface area contributed by atoms with E-state index in [0.717, 1.165) is 6.04 Å². The number of hydrogen-bond donors (Lipinski definition) is 1. The zero-order valence-corrected chi connectivity index (χ0v) is 13.6. The van der Waals surface area contributed by atoms with Crippen molar-refractivity contribution in [2.24, 2.45) is 0 Å². The summed E-state index contributed by atoms with van der Waals surface area (Å²) < 4.78 is 0. The van der Waals surface area contributed by atoms with E-state index in [9.17, 15) is 0 Å². The average molecular weight is 266 g/mol. The van der Waals surface area contributed by atoms with Crippen LogP contribution in [0.1, 0.15) is 79.1 Å². The van der Waals surface area contributed by atoms with Gasteiger partial charge in [0.05, 0.1) is 0 Å². The van der Waals surface area contributed by atoms with Crippen LogP contribution in [0.5, 0.6) is 0 Å². The first-order valence-corrected chi connectivity index (χ1v) is 8.57. The van der Waals surface area contributed by atoms with Gasteiger partial charge in [-0.2, -0.15) is 0 Å². The van der Waals surface area contributed by atoms with Gasteiger partial charge in [-0.15, -0.1) is 0 Å². The van der Waals surface area contributed by atoms with Gasteiger partial charge in [-0.3, -0.25) is 4.90 Å². The highest BCUT2D eigenvalue weighted by molar-refractivity contribution is 5.05. The molecule has 0 aromatic carbocycles. The summed E-state index contributed by atoms with van der Waals surface area (Å²) in [5.74, 6) is 0. The standard InChI is InChI=1S/C17H34N2/c1-5-10-15(3)19-14-16(4,6-2)18-13-17(19)11-8-7-9-12-17/h15,18H,5-14H2,1-4H3. The predicted molar refractivity (Wildman–Crippen MR) is 83.6 cm³/mol. The molecule has 0 amide bonds. The van der Waals surface area contributed by atoms with E-state index in [0.29, 0.717) is 11.1 Å². The van der Waals surface area contributed by atoms with Crippen molar-refractivity contribution in [3.63, 3.8) is 0 Å². The molecule has 0 aromatic heterocycles. The second kappa shape index (κ2) is 6.13. The van der Waals surface area contributed by atoms with Gasteiger partial charge in [0, 0.05) is 30.2 Å². The normalized spacial score (nSPS) is 33.5. The smallest absolute Gasteiger partial charge is 0.0337 e. The molecule has 1 aliphatic heterocycles. The second-order valence-electron chi connectivity index (χ2n) is 7.32. The van der Waals surface area contributed by atoms with Crippen molar-refractivity contribution in [1.29, 1.82) is 0 Å². The van der Waals surface area contributed by atoms with Gasteiger partial charge in [-0.05, 0) is 39.5 Å². The molecular weight excluding hydrogens is 232 g/mol. The maximum Gasteiger partial charge on any atom is 0.0337 e. The Bertz CT molecular complexity index is 283. The Morgan fingerprint density at radius 3 is 2.42 bits per heavy atom. The Morgan fingerprint density at radius 2 is 1.84 bits per heavy atom. The molecule has 1 saturated carbocycles. The summed E-state index contributed by atoms with van der Waals surface area (Å²) in [5, 5.41) is 3.89. The summed E-state index contributed by atoms with van der Waals surface area (Å²) in [5.41, 5.74) is 0.798. The van der Waals surface area contributed by atoms with Crippen molar-refractivity contribution in [3.05, 3.63) is 0 Å². The fraction of sp³-hybridized carbons (Fsp3) is 1.00. The van der Waals surface area contributed by atoms with E-state index in [-0.39, 0.29) is 0 Å². The second-order valence-corrected chi connectivity index (χ2v) is 7.32. The van der Waals surface area contributed by atoms with Gasteiger partial charge in [0.25, 0.3) is 0 Å². The lowest BCUT2D eigenvalue weighted by atomic mass is 9.75. The van der Waals surface area contributed by atoms with Gasteiger partial charge in [0.2, 0.25) is 0 Å². The molecule has 2 fully saturated rings. The molecule has 0 radical (unpaired) electrons. The third kappa shape index (κ3) is 3.16. The van der Waals surface area contributed by atoms with Crippen molar-refractivity contribution in [2.75, 3.05) is 13.1 Å². The number of hydrogen-bond acceptors (Lipinski definition) is 2. The fourth-order valence-electron chi connectivity index (χ4n) is 4.19. The van der Waals surface area contributed by atoms with Crippen LogP contribution in [0.4, 0.5) is 0 Å². The lowest BCUT2D eigenvalue weighted by Crippen LogP contribution is -2.71. The molecule has 2 aliphatic rings. The highest BCUT2D eigenvalue weighted by Crippen LogP contribution is 2.39. The largest absolute Gasteiger partial charge is 0.308 e. The molecule has 1 heterocycles. The number of piperazine rings is 1. The molecular formula is C17H34N2. The molecule has 112 valence electrons. The minimum atomic E-state index is 0.324. The third-order valence-corrected chi connectivity index (χ3v) is 5.78. The quantitative estimate of drug-likeness (QED) is 0.829. The average Bonchev–Trinajstić information content (AvgIpc) is 2.43. The van der Waals surface area contributed by atoms with E-state index in [2.05, 4.69) is 37.9 Å². The van der Waals surface area contributed by atoms with Crippen LogP contribution >= 0.6 is 0 Å². The minimum absolute atomic E-state index is 0.324. The van der Waals surface area contributed by atoms with Crippen molar-refractivity contribution in [1.82, 2.24) is 10.2 Å². The van der Waals surface area contributed by atoms with Crippen molar-refractivity contribution >= 4 is 0 Å². The van der Waals surface area contributed by atoms with Crippen LogP contribution in [0.15, 0.2) is 0 Å². The Kier molecular flexibility index (Phi) is 4.94. The number of nitrogens with one attached hydrogen (secondary N) is 1. The molecule has 0 aromatic rings. The summed E-state index contributed by atoms with van der Waals surface area (Å²) in [7, 11) is 0. The predicted octanol–water partition coefficient (Wildman–Crippen LogP) is 3.95. The molecule has 1 N–H and O–H groups in total. The maximum absolute atomic E-state index is 3.89.